The van der Waals surface area contributed by atoms with Crippen LogP contribution in [-0.2, 0) is 9.59 Å². The zero-order valence-corrected chi connectivity index (χ0v) is 14.0. The van der Waals surface area contributed by atoms with E-state index in [4.69, 9.17) is 0 Å². The van der Waals surface area contributed by atoms with E-state index in [2.05, 4.69) is 25.7 Å². The fourth-order valence-corrected chi connectivity index (χ4v) is 3.09. The molecule has 0 atom stereocenters. The Morgan fingerprint density at radius 2 is 1.95 bits per heavy atom. The number of likely N-dealkylation sites (tertiary alicyclic amines) is 1. The van der Waals surface area contributed by atoms with Crippen LogP contribution in [0.2, 0.25) is 0 Å². The van der Waals surface area contributed by atoms with E-state index in [0.29, 0.717) is 17.9 Å². The van der Waals surface area contributed by atoms with Crippen molar-refractivity contribution in [2.45, 2.75) is 40.0 Å². The van der Waals surface area contributed by atoms with Gasteiger partial charge in [0.05, 0.1) is 0 Å². The zero-order chi connectivity index (χ0) is 16.2. The van der Waals surface area contributed by atoms with E-state index in [1.165, 1.54) is 11.0 Å². The van der Waals surface area contributed by atoms with Gasteiger partial charge in [-0.2, -0.15) is 0 Å². The molecular weight excluding hydrogens is 276 g/mol. The number of rotatable bonds is 3. The number of imide groups is 1. The first kappa shape index (κ1) is 16.9. The molecule has 0 aromatic carbocycles. The van der Waals surface area contributed by atoms with Crippen molar-refractivity contribution in [3.05, 3.63) is 24.3 Å². The molecular formula is C18H28N2O2. The first-order valence-electron chi connectivity index (χ1n) is 8.28. The quantitative estimate of drug-likeness (QED) is 0.753. The number of hydrogen-bond acceptors (Lipinski definition) is 3. The molecule has 22 heavy (non-hydrogen) atoms. The minimum Gasteiger partial charge on any atom is -0.303 e. The average Bonchev–Trinajstić information content (AvgIpc) is 2.45. The van der Waals surface area contributed by atoms with Crippen molar-refractivity contribution in [3.8, 4) is 0 Å². The monoisotopic (exact) mass is 304 g/mol. The van der Waals surface area contributed by atoms with Crippen LogP contribution < -0.4 is 0 Å². The van der Waals surface area contributed by atoms with Gasteiger partial charge in [-0.3, -0.25) is 14.5 Å². The molecule has 2 aliphatic heterocycles. The number of carbonyl (C=O) groups excluding carboxylic acids is 2. The van der Waals surface area contributed by atoms with Crippen molar-refractivity contribution >= 4 is 11.8 Å². The Bertz CT molecular complexity index is 466. The highest BCUT2D eigenvalue weighted by Crippen LogP contribution is 2.23. The SMILES string of the molecule is CC(C)(C)CN1CCC(C=CC(=O)N2CCC=CC2=O)CC1. The van der Waals surface area contributed by atoms with Crippen LogP contribution in [0, 0.1) is 11.3 Å². The number of allylic oxidation sites excluding steroid dienone is 1. The van der Waals surface area contributed by atoms with Crippen molar-refractivity contribution in [3.63, 3.8) is 0 Å². The molecule has 4 nitrogen and oxygen atoms in total. The van der Waals surface area contributed by atoms with Crippen LogP contribution in [0.5, 0.6) is 0 Å². The van der Waals surface area contributed by atoms with Gasteiger partial charge in [0, 0.05) is 13.1 Å². The van der Waals surface area contributed by atoms with Crippen LogP contribution in [0.4, 0.5) is 0 Å². The molecule has 0 N–H and O–H groups in total. The molecule has 0 radical (unpaired) electrons. The fourth-order valence-electron chi connectivity index (χ4n) is 3.09. The second kappa shape index (κ2) is 7.23. The maximum Gasteiger partial charge on any atom is 0.253 e. The van der Waals surface area contributed by atoms with Crippen molar-refractivity contribution in [2.24, 2.45) is 11.3 Å². The van der Waals surface area contributed by atoms with Crippen LogP contribution in [0.25, 0.3) is 0 Å². The van der Waals surface area contributed by atoms with Crippen LogP contribution in [0.15, 0.2) is 24.3 Å². The Morgan fingerprint density at radius 3 is 2.55 bits per heavy atom. The second-order valence-corrected chi connectivity index (χ2v) is 7.55. The maximum absolute atomic E-state index is 12.1. The Kier molecular flexibility index (Phi) is 5.57. The van der Waals surface area contributed by atoms with E-state index in [0.717, 1.165) is 38.9 Å². The Morgan fingerprint density at radius 1 is 1.27 bits per heavy atom. The number of carbonyl (C=O) groups is 2. The van der Waals surface area contributed by atoms with Gasteiger partial charge >= 0.3 is 0 Å². The topological polar surface area (TPSA) is 40.6 Å². The van der Waals surface area contributed by atoms with Crippen molar-refractivity contribution < 1.29 is 9.59 Å². The molecule has 0 spiro atoms. The lowest BCUT2D eigenvalue weighted by atomic mass is 9.92. The molecule has 2 rings (SSSR count). The first-order valence-corrected chi connectivity index (χ1v) is 8.28. The summed E-state index contributed by atoms with van der Waals surface area (Å²) in [5.41, 5.74) is 0.334. The smallest absolute Gasteiger partial charge is 0.253 e. The first-order chi connectivity index (χ1) is 10.3. The second-order valence-electron chi connectivity index (χ2n) is 7.55. The van der Waals surface area contributed by atoms with E-state index in [1.807, 2.05) is 12.2 Å². The third kappa shape index (κ3) is 5.09. The molecule has 0 unspecified atom stereocenters. The molecule has 1 fully saturated rings. The van der Waals surface area contributed by atoms with E-state index in [-0.39, 0.29) is 11.8 Å². The Labute approximate surface area is 133 Å². The van der Waals surface area contributed by atoms with Crippen molar-refractivity contribution in [1.82, 2.24) is 9.80 Å². The maximum atomic E-state index is 12.1. The summed E-state index contributed by atoms with van der Waals surface area (Å²) in [6.45, 7) is 10.6. The van der Waals surface area contributed by atoms with Crippen LogP contribution >= 0.6 is 0 Å². The van der Waals surface area contributed by atoms with Crippen molar-refractivity contribution in [2.75, 3.05) is 26.2 Å². The number of hydrogen-bond donors (Lipinski definition) is 0. The molecule has 1 saturated heterocycles. The summed E-state index contributed by atoms with van der Waals surface area (Å²) in [5.74, 6) is 0.0861. The molecule has 0 bridgehead atoms. The van der Waals surface area contributed by atoms with Crippen molar-refractivity contribution in [1.29, 1.82) is 0 Å². The Balaban J connectivity index is 1.79. The average molecular weight is 304 g/mol. The normalized spacial score (nSPS) is 21.8. The van der Waals surface area contributed by atoms with Gasteiger partial charge in [-0.15, -0.1) is 0 Å². The van der Waals surface area contributed by atoms with Gasteiger partial charge in [-0.25, -0.2) is 0 Å². The summed E-state index contributed by atoms with van der Waals surface area (Å²) in [6.07, 6.45) is 9.85. The van der Waals surface area contributed by atoms with Crippen LogP contribution in [0.1, 0.15) is 40.0 Å². The largest absolute Gasteiger partial charge is 0.303 e. The summed E-state index contributed by atoms with van der Waals surface area (Å²) in [6, 6.07) is 0. The summed E-state index contributed by atoms with van der Waals surface area (Å²) in [5, 5.41) is 0. The van der Waals surface area contributed by atoms with Gasteiger partial charge < -0.3 is 4.90 Å². The van der Waals surface area contributed by atoms with E-state index >= 15 is 0 Å². The lowest BCUT2D eigenvalue weighted by Gasteiger charge is -2.35. The van der Waals surface area contributed by atoms with Gasteiger partial charge in [-0.1, -0.05) is 32.9 Å². The highest BCUT2D eigenvalue weighted by Gasteiger charge is 2.23. The predicted molar refractivity (Wildman–Crippen MR) is 88.2 cm³/mol. The van der Waals surface area contributed by atoms with Gasteiger partial charge in [0.2, 0.25) is 0 Å². The number of piperidine rings is 1. The van der Waals surface area contributed by atoms with Crippen LogP contribution in [0.3, 0.4) is 0 Å². The molecule has 122 valence electrons. The lowest BCUT2D eigenvalue weighted by Crippen LogP contribution is -2.39. The summed E-state index contributed by atoms with van der Waals surface area (Å²) in [4.78, 5) is 27.5. The van der Waals surface area contributed by atoms with E-state index in [1.54, 1.807) is 6.08 Å². The number of amides is 2. The van der Waals surface area contributed by atoms with E-state index < -0.39 is 0 Å². The molecule has 0 saturated carbocycles. The Hall–Kier alpha value is -1.42. The predicted octanol–water partition coefficient (Wildman–Crippen LogP) is 2.62. The van der Waals surface area contributed by atoms with E-state index in [9.17, 15) is 9.59 Å². The summed E-state index contributed by atoms with van der Waals surface area (Å²) in [7, 11) is 0. The minimum atomic E-state index is -0.194. The molecule has 2 aliphatic rings. The minimum absolute atomic E-state index is 0.175. The van der Waals surface area contributed by atoms with Gasteiger partial charge in [-0.05, 0) is 55.8 Å². The summed E-state index contributed by atoms with van der Waals surface area (Å²) < 4.78 is 0. The fraction of sp³-hybridized carbons (Fsp3) is 0.667. The third-order valence-corrected chi connectivity index (χ3v) is 4.15. The lowest BCUT2D eigenvalue weighted by molar-refractivity contribution is -0.139. The molecule has 2 amide bonds. The number of nitrogens with zero attached hydrogens (tertiary/aromatic N) is 2. The van der Waals surface area contributed by atoms with Gasteiger partial charge in [0.15, 0.2) is 0 Å². The van der Waals surface area contributed by atoms with Crippen LogP contribution in [-0.4, -0.2) is 47.8 Å². The highest BCUT2D eigenvalue weighted by molar-refractivity contribution is 6.05. The molecule has 0 aromatic rings. The molecule has 2 heterocycles. The molecule has 0 aliphatic carbocycles. The highest BCUT2D eigenvalue weighted by atomic mass is 16.2. The zero-order valence-electron chi connectivity index (χ0n) is 14.0. The summed E-state index contributed by atoms with van der Waals surface area (Å²) >= 11 is 0. The third-order valence-electron chi connectivity index (χ3n) is 4.15. The van der Waals surface area contributed by atoms with Gasteiger partial charge in [0.1, 0.15) is 0 Å². The standard InChI is InChI=1S/C18H28N2O2/c1-18(2,3)14-19-12-9-15(10-13-19)7-8-17(22)20-11-5-4-6-16(20)21/h4,6-8,15H,5,9-14H2,1-3H3. The molecule has 0 aromatic heterocycles. The molecule has 4 heteroatoms. The van der Waals surface area contributed by atoms with Gasteiger partial charge in [0.25, 0.3) is 11.8 Å².